The lowest BCUT2D eigenvalue weighted by Gasteiger charge is -2.38. The SMILES string of the molecule is O=C1Nc2ccc(-c3ccsc3)cc2C(=O)N2CCN(S(=O)(=O)c3ccc(Cl)cc3)C[C@@H]12. The first-order chi connectivity index (χ1) is 15.3. The molecule has 10 heteroatoms. The van der Waals surface area contributed by atoms with Gasteiger partial charge in [0.05, 0.1) is 16.1 Å². The highest BCUT2D eigenvalue weighted by Gasteiger charge is 2.42. The lowest BCUT2D eigenvalue weighted by molar-refractivity contribution is -0.121. The molecule has 3 aromatic rings. The van der Waals surface area contributed by atoms with E-state index < -0.39 is 22.0 Å². The molecule has 5 rings (SSSR count). The van der Waals surface area contributed by atoms with Gasteiger partial charge >= 0.3 is 0 Å². The molecule has 0 spiro atoms. The van der Waals surface area contributed by atoms with Gasteiger partial charge in [0.1, 0.15) is 6.04 Å². The highest BCUT2D eigenvalue weighted by Crippen LogP contribution is 2.32. The minimum atomic E-state index is -3.83. The van der Waals surface area contributed by atoms with Gasteiger partial charge in [0, 0.05) is 24.7 Å². The maximum atomic E-state index is 13.4. The Morgan fingerprint density at radius 3 is 2.50 bits per heavy atom. The normalized spacial score (nSPS) is 19.2. The molecule has 0 saturated carbocycles. The smallest absolute Gasteiger partial charge is 0.256 e. The first-order valence-electron chi connectivity index (χ1n) is 9.89. The number of sulfonamides is 1. The third-order valence-electron chi connectivity index (χ3n) is 5.72. The maximum Gasteiger partial charge on any atom is 0.256 e. The van der Waals surface area contributed by atoms with Gasteiger partial charge in [-0.15, -0.1) is 0 Å². The fourth-order valence-corrected chi connectivity index (χ4v) is 6.24. The van der Waals surface area contributed by atoms with Crippen LogP contribution in [0, 0.1) is 0 Å². The molecule has 32 heavy (non-hydrogen) atoms. The predicted octanol–water partition coefficient (Wildman–Crippen LogP) is 3.54. The molecule has 1 saturated heterocycles. The molecular formula is C22H18ClN3O4S2. The standard InChI is InChI=1S/C22H18ClN3O4S2/c23-16-2-4-17(5-3-16)32(29,30)25-8-9-26-20(12-25)21(27)24-19-6-1-14(11-18(19)22(26)28)15-7-10-31-13-15/h1-7,10-11,13,20H,8-9,12H2,(H,24,27)/t20-/m0/s1. The number of rotatable bonds is 3. The number of hydrogen-bond donors (Lipinski definition) is 1. The summed E-state index contributed by atoms with van der Waals surface area (Å²) in [6, 6.07) is 12.3. The summed E-state index contributed by atoms with van der Waals surface area (Å²) in [6.07, 6.45) is 0. The molecule has 164 valence electrons. The number of fused-ring (bicyclic) bond motifs is 2. The molecule has 0 aliphatic carbocycles. The van der Waals surface area contributed by atoms with Crippen LogP contribution < -0.4 is 5.32 Å². The lowest BCUT2D eigenvalue weighted by Crippen LogP contribution is -2.59. The van der Waals surface area contributed by atoms with Crippen LogP contribution in [0.4, 0.5) is 5.69 Å². The van der Waals surface area contributed by atoms with Gasteiger partial charge < -0.3 is 10.2 Å². The van der Waals surface area contributed by atoms with E-state index in [1.807, 2.05) is 22.9 Å². The van der Waals surface area contributed by atoms with Gasteiger partial charge in [-0.05, 0) is 64.4 Å². The zero-order valence-electron chi connectivity index (χ0n) is 16.7. The molecule has 0 bridgehead atoms. The van der Waals surface area contributed by atoms with Crippen LogP contribution in [0.2, 0.25) is 5.02 Å². The second kappa shape index (κ2) is 8.00. The van der Waals surface area contributed by atoms with Crippen molar-refractivity contribution in [3.63, 3.8) is 0 Å². The fraction of sp³-hybridized carbons (Fsp3) is 0.182. The second-order valence-electron chi connectivity index (χ2n) is 7.59. The number of nitrogens with zero attached hydrogens (tertiary/aromatic N) is 2. The summed E-state index contributed by atoms with van der Waals surface area (Å²) >= 11 is 7.44. The van der Waals surface area contributed by atoms with Crippen LogP contribution in [0.5, 0.6) is 0 Å². The molecule has 2 amide bonds. The monoisotopic (exact) mass is 487 g/mol. The minimum absolute atomic E-state index is 0.0967. The quantitative estimate of drug-likeness (QED) is 0.612. The van der Waals surface area contributed by atoms with E-state index in [-0.39, 0.29) is 30.4 Å². The Labute approximate surface area is 194 Å². The number of thiophene rings is 1. The van der Waals surface area contributed by atoms with Crippen LogP contribution in [0.15, 0.2) is 64.2 Å². The predicted molar refractivity (Wildman–Crippen MR) is 123 cm³/mol. The Kier molecular flexibility index (Phi) is 5.29. The number of carbonyl (C=O) groups excluding carboxylic acids is 2. The third-order valence-corrected chi connectivity index (χ3v) is 8.53. The van der Waals surface area contributed by atoms with Crippen LogP contribution >= 0.6 is 22.9 Å². The van der Waals surface area contributed by atoms with Crippen LogP contribution in [-0.2, 0) is 14.8 Å². The molecule has 2 aliphatic rings. The van der Waals surface area contributed by atoms with E-state index in [0.717, 1.165) is 11.1 Å². The number of piperazine rings is 1. The molecule has 0 unspecified atom stereocenters. The highest BCUT2D eigenvalue weighted by molar-refractivity contribution is 7.89. The van der Waals surface area contributed by atoms with Crippen molar-refractivity contribution in [1.82, 2.24) is 9.21 Å². The summed E-state index contributed by atoms with van der Waals surface area (Å²) in [7, 11) is -3.83. The van der Waals surface area contributed by atoms with Gasteiger partial charge in [-0.3, -0.25) is 9.59 Å². The number of benzene rings is 2. The van der Waals surface area contributed by atoms with Gasteiger partial charge in [-0.1, -0.05) is 17.7 Å². The number of amides is 2. The lowest BCUT2D eigenvalue weighted by atomic mass is 10.0. The van der Waals surface area contributed by atoms with Crippen molar-refractivity contribution in [2.45, 2.75) is 10.9 Å². The number of anilines is 1. The Bertz CT molecular complexity index is 1310. The number of carbonyl (C=O) groups is 2. The summed E-state index contributed by atoms with van der Waals surface area (Å²) < 4.78 is 27.4. The van der Waals surface area contributed by atoms with E-state index in [4.69, 9.17) is 11.6 Å². The van der Waals surface area contributed by atoms with Crippen molar-refractivity contribution in [3.8, 4) is 11.1 Å². The van der Waals surface area contributed by atoms with E-state index in [2.05, 4.69) is 5.32 Å². The largest absolute Gasteiger partial charge is 0.324 e. The van der Waals surface area contributed by atoms with Crippen LogP contribution in [0.25, 0.3) is 11.1 Å². The molecular weight excluding hydrogens is 470 g/mol. The van der Waals surface area contributed by atoms with E-state index >= 15 is 0 Å². The van der Waals surface area contributed by atoms with Gasteiger partial charge in [0.2, 0.25) is 15.9 Å². The summed E-state index contributed by atoms with van der Waals surface area (Å²) in [5.74, 6) is -0.694. The fourth-order valence-electron chi connectivity index (χ4n) is 4.01. The van der Waals surface area contributed by atoms with Crippen LogP contribution in [-0.4, -0.2) is 55.1 Å². The molecule has 1 aromatic heterocycles. The van der Waals surface area contributed by atoms with Crippen molar-refractivity contribution < 1.29 is 18.0 Å². The average Bonchev–Trinajstić information content (AvgIpc) is 3.30. The van der Waals surface area contributed by atoms with Crippen LogP contribution in [0.1, 0.15) is 10.4 Å². The van der Waals surface area contributed by atoms with Gasteiger partial charge in [-0.2, -0.15) is 15.6 Å². The first-order valence-corrected chi connectivity index (χ1v) is 12.6. The first kappa shape index (κ1) is 21.1. The Balaban J connectivity index is 1.45. The van der Waals surface area contributed by atoms with Crippen molar-refractivity contribution in [2.75, 3.05) is 25.0 Å². The highest BCUT2D eigenvalue weighted by atomic mass is 35.5. The third kappa shape index (κ3) is 3.61. The van der Waals surface area contributed by atoms with Crippen molar-refractivity contribution in [1.29, 1.82) is 0 Å². The molecule has 1 N–H and O–H groups in total. The Morgan fingerprint density at radius 2 is 1.78 bits per heavy atom. The molecule has 1 fully saturated rings. The second-order valence-corrected chi connectivity index (χ2v) is 10.7. The summed E-state index contributed by atoms with van der Waals surface area (Å²) in [5.41, 5.74) is 2.71. The zero-order valence-corrected chi connectivity index (χ0v) is 19.1. The number of hydrogen-bond acceptors (Lipinski definition) is 5. The van der Waals surface area contributed by atoms with E-state index in [1.165, 1.54) is 33.5 Å². The van der Waals surface area contributed by atoms with E-state index in [0.29, 0.717) is 16.3 Å². The molecule has 2 aromatic carbocycles. The molecule has 0 radical (unpaired) electrons. The zero-order chi connectivity index (χ0) is 22.5. The molecule has 1 atom stereocenters. The average molecular weight is 488 g/mol. The topological polar surface area (TPSA) is 86.8 Å². The van der Waals surface area contributed by atoms with Crippen molar-refractivity contribution in [3.05, 3.63) is 69.9 Å². The van der Waals surface area contributed by atoms with Crippen molar-refractivity contribution >= 4 is 50.5 Å². The molecule has 7 nitrogen and oxygen atoms in total. The van der Waals surface area contributed by atoms with Gasteiger partial charge in [0.25, 0.3) is 5.91 Å². The Hall–Kier alpha value is -2.72. The summed E-state index contributed by atoms with van der Waals surface area (Å²) in [5, 5.41) is 7.19. The van der Waals surface area contributed by atoms with Crippen LogP contribution in [0.3, 0.4) is 0 Å². The summed E-state index contributed by atoms with van der Waals surface area (Å²) in [6.45, 7) is 0.0970. The molecule has 2 aliphatic heterocycles. The number of nitrogens with one attached hydrogen (secondary N) is 1. The Morgan fingerprint density at radius 1 is 1.00 bits per heavy atom. The van der Waals surface area contributed by atoms with Gasteiger partial charge in [-0.25, -0.2) is 8.42 Å². The number of halogens is 1. The van der Waals surface area contributed by atoms with Gasteiger partial charge in [0.15, 0.2) is 0 Å². The minimum Gasteiger partial charge on any atom is -0.324 e. The maximum absolute atomic E-state index is 13.4. The van der Waals surface area contributed by atoms with E-state index in [9.17, 15) is 18.0 Å². The van der Waals surface area contributed by atoms with Crippen molar-refractivity contribution in [2.24, 2.45) is 0 Å². The van der Waals surface area contributed by atoms with E-state index in [1.54, 1.807) is 23.5 Å². The molecule has 3 heterocycles. The summed E-state index contributed by atoms with van der Waals surface area (Å²) in [4.78, 5) is 27.9.